The van der Waals surface area contributed by atoms with Crippen molar-refractivity contribution >= 4 is 64.3 Å². The normalized spacial score (nSPS) is 17.7. The molecule has 2 aliphatic rings. The molecule has 0 spiro atoms. The van der Waals surface area contributed by atoms with E-state index in [1.807, 2.05) is 30.3 Å². The number of nitrogens with one attached hydrogen (secondary N) is 1. The number of Topliss-reactive ketones (excluding diaryl/α,β-unsaturated/α-hetero) is 1. The van der Waals surface area contributed by atoms with Crippen LogP contribution in [0.25, 0.3) is 10.9 Å². The molecule has 4 aromatic carbocycles. The maximum absolute atomic E-state index is 14.8. The molecule has 19 heteroatoms. The molecule has 5 aromatic rings. The second-order valence-corrected chi connectivity index (χ2v) is 17.9. The number of fused-ring (bicyclic) bond motifs is 2. The van der Waals surface area contributed by atoms with Gasteiger partial charge in [-0.1, -0.05) is 60.1 Å². The number of hydrogen-bond acceptors (Lipinski definition) is 11. The maximum atomic E-state index is 14.8. The number of halogens is 1. The minimum absolute atomic E-state index is 0.0441. The molecule has 0 saturated carbocycles. The Morgan fingerprint density at radius 1 is 0.950 bits per heavy atom. The van der Waals surface area contributed by atoms with Crippen molar-refractivity contribution in [2.45, 2.75) is 43.5 Å². The van der Waals surface area contributed by atoms with Crippen LogP contribution in [0.3, 0.4) is 0 Å². The molecule has 2 fully saturated rings. The topological polar surface area (TPSA) is 202 Å². The van der Waals surface area contributed by atoms with Crippen LogP contribution in [-0.2, 0) is 39.1 Å². The Morgan fingerprint density at radius 2 is 1.65 bits per heavy atom. The molecule has 2 atom stereocenters. The van der Waals surface area contributed by atoms with Crippen molar-refractivity contribution in [1.29, 1.82) is 0 Å². The summed E-state index contributed by atoms with van der Waals surface area (Å²) in [6.07, 6.45) is 1.71. The van der Waals surface area contributed by atoms with Crippen molar-refractivity contribution in [2.24, 2.45) is 0 Å². The monoisotopic (exact) mass is 876 g/mol. The summed E-state index contributed by atoms with van der Waals surface area (Å²) >= 11 is 6.07. The molecule has 2 saturated heterocycles. The van der Waals surface area contributed by atoms with Crippen LogP contribution in [0.1, 0.15) is 34.0 Å². The third kappa shape index (κ3) is 8.79. The number of hydrogen-bond donors (Lipinski definition) is 4. The van der Waals surface area contributed by atoms with Gasteiger partial charge in [0.25, 0.3) is 10.0 Å². The molecule has 1 aromatic heterocycles. The van der Waals surface area contributed by atoms with Crippen LogP contribution in [0.4, 0.5) is 4.79 Å². The SMILES string of the molecule is C=CCN1CC(=O)N2[C@@H](Cc3ccc(O[PH](O)(O)O)cc3)C(=O)N(Cc3cccc4c(C(C)=O)cn(S(=O)(=O)c5ccc(Cl)cc5)c34)C[C@@H]2N1C(=O)NCc1ccccc1. The number of carbonyl (C=O) groups excluding carboxylic acids is 4. The number of piperazine rings is 1. The summed E-state index contributed by atoms with van der Waals surface area (Å²) in [5, 5.41) is 6.56. The molecule has 0 unspecified atom stereocenters. The standard InChI is InChI=1S/C41H42ClN6O10PS/c1-3-20-45-26-38(50)47-36(21-28-12-16-32(17-13-28)58-59(53,54)55)40(51)44(25-37(47)48(45)41(52)43-22-29-8-5-4-6-9-29)23-30-10-7-11-34-35(27(2)49)24-46(39(30)34)60(56,57)33-18-14-31(42)15-19-33/h3-19,24,36-37,53-55,59H,1,20-23,25-26H2,2H3,(H,43,52)/t36-,37-/m0/s1. The summed E-state index contributed by atoms with van der Waals surface area (Å²) in [6, 6.07) is 23.9. The number of rotatable bonds is 13. The number of nitrogens with zero attached hydrogens (tertiary/aromatic N) is 5. The van der Waals surface area contributed by atoms with Gasteiger partial charge < -0.3 is 0 Å². The van der Waals surface area contributed by atoms with Crippen LogP contribution in [0.2, 0.25) is 5.02 Å². The Morgan fingerprint density at radius 3 is 2.30 bits per heavy atom. The van der Waals surface area contributed by atoms with Crippen molar-refractivity contribution < 1.29 is 46.8 Å². The number of aromatic nitrogens is 1. The number of carbonyl (C=O) groups is 4. The second-order valence-electron chi connectivity index (χ2n) is 14.3. The first-order chi connectivity index (χ1) is 28.5. The van der Waals surface area contributed by atoms with Gasteiger partial charge in [-0.3, -0.25) is 4.79 Å². The Labute approximate surface area is 351 Å². The van der Waals surface area contributed by atoms with Crippen molar-refractivity contribution in [3.8, 4) is 5.75 Å². The van der Waals surface area contributed by atoms with E-state index in [9.17, 15) is 42.3 Å². The van der Waals surface area contributed by atoms with Crippen LogP contribution in [0.5, 0.6) is 5.75 Å². The first kappa shape index (κ1) is 42.5. The van der Waals surface area contributed by atoms with Gasteiger partial charge in [0.05, 0.1) is 4.90 Å². The number of ketones is 1. The Hall–Kier alpha value is -5.65. The van der Waals surface area contributed by atoms with Crippen LogP contribution < -0.4 is 9.84 Å². The van der Waals surface area contributed by atoms with E-state index < -0.39 is 48.2 Å². The van der Waals surface area contributed by atoms with E-state index in [1.165, 1.54) is 76.5 Å². The van der Waals surface area contributed by atoms with Crippen molar-refractivity contribution in [3.63, 3.8) is 0 Å². The van der Waals surface area contributed by atoms with Crippen molar-refractivity contribution in [3.05, 3.63) is 143 Å². The minimum atomic E-state index is -4.90. The molecule has 0 bridgehead atoms. The molecule has 314 valence electrons. The Balaban J connectivity index is 1.31. The van der Waals surface area contributed by atoms with Crippen LogP contribution in [-0.4, -0.2) is 102 Å². The predicted octanol–water partition coefficient (Wildman–Crippen LogP) is 4.24. The zero-order chi connectivity index (χ0) is 42.9. The zero-order valence-electron chi connectivity index (χ0n) is 32.2. The quantitative estimate of drug-likeness (QED) is 0.0749. The molecule has 16 nitrogen and oxygen atoms in total. The molecule has 0 radical (unpaired) electrons. The van der Waals surface area contributed by atoms with E-state index in [4.69, 9.17) is 16.1 Å². The number of para-hydroxylation sites is 1. The van der Waals surface area contributed by atoms with Gasteiger partial charge in [0.2, 0.25) is 0 Å². The second kappa shape index (κ2) is 17.1. The first-order valence-corrected chi connectivity index (χ1v) is 22.3. The smallest absolute Gasteiger partial charge is 0.0622 e. The number of hydrazine groups is 1. The summed E-state index contributed by atoms with van der Waals surface area (Å²) in [5.74, 6) is -1.36. The van der Waals surface area contributed by atoms with E-state index in [-0.39, 0.29) is 66.7 Å². The number of urea groups is 1. The fraction of sp³-hybridized carbons (Fsp3) is 0.220. The first-order valence-electron chi connectivity index (χ1n) is 18.7. The van der Waals surface area contributed by atoms with Crippen molar-refractivity contribution in [2.75, 3.05) is 19.6 Å². The van der Waals surface area contributed by atoms with Crippen LogP contribution >= 0.6 is 19.8 Å². The van der Waals surface area contributed by atoms with E-state index in [1.54, 1.807) is 29.3 Å². The average Bonchev–Trinajstić information content (AvgIpc) is 3.62. The van der Waals surface area contributed by atoms with Gasteiger partial charge in [-0.05, 0) is 36.8 Å². The third-order valence-electron chi connectivity index (χ3n) is 10.3. The fourth-order valence-electron chi connectivity index (χ4n) is 7.62. The molecular weight excluding hydrogens is 835 g/mol. The summed E-state index contributed by atoms with van der Waals surface area (Å²) in [4.78, 5) is 87.2. The summed E-state index contributed by atoms with van der Waals surface area (Å²) in [6.45, 7) is 4.81. The van der Waals surface area contributed by atoms with Crippen molar-refractivity contribution in [1.82, 2.24) is 29.1 Å². The predicted molar refractivity (Wildman–Crippen MR) is 224 cm³/mol. The molecule has 4 N–H and O–H groups in total. The molecule has 4 amide bonds. The molecule has 60 heavy (non-hydrogen) atoms. The molecular formula is C41H42ClN6O10PS. The Bertz CT molecular complexity index is 2570. The minimum Gasteiger partial charge on any atom is -0.0622 e. The van der Waals surface area contributed by atoms with E-state index in [0.717, 1.165) is 9.54 Å². The number of amides is 4. The van der Waals surface area contributed by atoms with Gasteiger partial charge in [0, 0.05) is 28.7 Å². The van der Waals surface area contributed by atoms with E-state index >= 15 is 0 Å². The third-order valence-corrected chi connectivity index (χ3v) is 12.7. The summed E-state index contributed by atoms with van der Waals surface area (Å²) in [7, 11) is -9.21. The van der Waals surface area contributed by atoms with Crippen LogP contribution in [0.15, 0.2) is 121 Å². The van der Waals surface area contributed by atoms with Gasteiger partial charge in [0.15, 0.2) is 5.78 Å². The molecule has 0 aliphatic carbocycles. The zero-order valence-corrected chi connectivity index (χ0v) is 34.8. The summed E-state index contributed by atoms with van der Waals surface area (Å²) < 4.78 is 34.3. The Kier molecular flexibility index (Phi) is 12.1. The van der Waals surface area contributed by atoms with Gasteiger partial charge in [-0.2, -0.15) is 0 Å². The van der Waals surface area contributed by atoms with Gasteiger partial charge in [0.1, 0.15) is 0 Å². The van der Waals surface area contributed by atoms with Crippen LogP contribution in [0, 0.1) is 0 Å². The van der Waals surface area contributed by atoms with E-state index in [0.29, 0.717) is 21.5 Å². The van der Waals surface area contributed by atoms with E-state index in [2.05, 4.69) is 11.9 Å². The van der Waals surface area contributed by atoms with Gasteiger partial charge in [-0.15, -0.1) is 6.58 Å². The number of benzene rings is 4. The molecule has 2 aliphatic heterocycles. The molecule has 3 heterocycles. The molecule has 7 rings (SSSR count). The average molecular weight is 877 g/mol. The van der Waals surface area contributed by atoms with Gasteiger partial charge >= 0.3 is 182 Å². The fourth-order valence-corrected chi connectivity index (χ4v) is 9.60. The summed E-state index contributed by atoms with van der Waals surface area (Å²) in [5.41, 5.74) is 2.04. The van der Waals surface area contributed by atoms with Gasteiger partial charge in [-0.25, -0.2) is 12.4 Å².